The number of hydrogen-bond donors (Lipinski definition) is 1. The molecule has 20 heavy (non-hydrogen) atoms. The molecule has 7 heteroatoms. The molecular formula is C13H11Cl2N3O2. The van der Waals surface area contributed by atoms with Gasteiger partial charge in [-0.15, -0.1) is 10.2 Å². The number of aryl methyl sites for hydroxylation is 1. The summed E-state index contributed by atoms with van der Waals surface area (Å²) in [4.78, 5) is 12.2. The number of carbonyl (C=O) groups excluding carboxylic acids is 1. The summed E-state index contributed by atoms with van der Waals surface area (Å²) in [5.74, 6) is 0.115. The monoisotopic (exact) mass is 311 g/mol. The summed E-state index contributed by atoms with van der Waals surface area (Å²) in [6.07, 6.45) is 0. The lowest BCUT2D eigenvalue weighted by Crippen LogP contribution is -2.14. The number of rotatable bonds is 3. The van der Waals surface area contributed by atoms with Crippen molar-refractivity contribution in [3.05, 3.63) is 45.7 Å². The van der Waals surface area contributed by atoms with Gasteiger partial charge in [0.15, 0.2) is 10.3 Å². The van der Waals surface area contributed by atoms with Crippen LogP contribution >= 0.6 is 23.2 Å². The summed E-state index contributed by atoms with van der Waals surface area (Å²) in [6, 6.07) is 6.80. The van der Waals surface area contributed by atoms with Crippen LogP contribution in [0.1, 0.15) is 15.9 Å². The maximum Gasteiger partial charge on any atom is 0.259 e. The molecule has 0 aliphatic heterocycles. The Hall–Kier alpha value is -1.85. The van der Waals surface area contributed by atoms with Gasteiger partial charge in [0.05, 0.1) is 18.4 Å². The Morgan fingerprint density at radius 1 is 1.25 bits per heavy atom. The van der Waals surface area contributed by atoms with E-state index in [9.17, 15) is 4.79 Å². The van der Waals surface area contributed by atoms with Crippen LogP contribution in [0.3, 0.4) is 0 Å². The minimum atomic E-state index is -0.435. The van der Waals surface area contributed by atoms with Gasteiger partial charge < -0.3 is 10.1 Å². The predicted octanol–water partition coefficient (Wildman–Crippen LogP) is 3.35. The zero-order valence-electron chi connectivity index (χ0n) is 10.8. The first-order chi connectivity index (χ1) is 9.51. The fraction of sp³-hybridized carbons (Fsp3) is 0.154. The molecule has 0 radical (unpaired) electrons. The molecule has 1 aromatic heterocycles. The Bertz CT molecular complexity index is 662. The molecule has 2 rings (SSSR count). The quantitative estimate of drug-likeness (QED) is 0.944. The van der Waals surface area contributed by atoms with Gasteiger partial charge in [-0.25, -0.2) is 0 Å². The van der Waals surface area contributed by atoms with E-state index in [1.54, 1.807) is 12.1 Å². The maximum absolute atomic E-state index is 12.2. The molecule has 0 saturated carbocycles. The predicted molar refractivity (Wildman–Crippen MR) is 77.7 cm³/mol. The summed E-state index contributed by atoms with van der Waals surface area (Å²) in [5.41, 5.74) is 1.68. The molecular weight excluding hydrogens is 301 g/mol. The highest BCUT2D eigenvalue weighted by Crippen LogP contribution is 2.26. The topological polar surface area (TPSA) is 64.1 Å². The third kappa shape index (κ3) is 3.18. The highest BCUT2D eigenvalue weighted by atomic mass is 35.5. The summed E-state index contributed by atoms with van der Waals surface area (Å²) in [7, 11) is 1.53. The molecule has 2 aromatic rings. The van der Waals surface area contributed by atoms with Crippen molar-refractivity contribution < 1.29 is 9.53 Å². The van der Waals surface area contributed by atoms with Gasteiger partial charge in [0.1, 0.15) is 5.75 Å². The zero-order valence-corrected chi connectivity index (χ0v) is 12.3. The Morgan fingerprint density at radius 3 is 2.70 bits per heavy atom. The number of benzene rings is 1. The van der Waals surface area contributed by atoms with Crippen LogP contribution in [0, 0.1) is 6.92 Å². The van der Waals surface area contributed by atoms with Gasteiger partial charge in [-0.3, -0.25) is 4.79 Å². The van der Waals surface area contributed by atoms with E-state index in [-0.39, 0.29) is 15.9 Å². The third-order valence-electron chi connectivity index (χ3n) is 2.57. The van der Waals surface area contributed by atoms with E-state index in [1.165, 1.54) is 13.2 Å². The fourth-order valence-electron chi connectivity index (χ4n) is 1.62. The molecule has 5 nitrogen and oxygen atoms in total. The normalized spacial score (nSPS) is 10.2. The number of amides is 1. The second kappa shape index (κ2) is 6.07. The molecule has 1 aromatic carbocycles. The second-order valence-electron chi connectivity index (χ2n) is 4.03. The number of aromatic nitrogens is 2. The van der Waals surface area contributed by atoms with Crippen molar-refractivity contribution in [2.24, 2.45) is 0 Å². The molecule has 1 amide bonds. The number of anilines is 1. The maximum atomic E-state index is 12.2. The molecule has 0 aliphatic carbocycles. The SMILES string of the molecule is COc1ccc(C)cc1NC(=O)c1cc(Cl)nnc1Cl. The molecule has 0 saturated heterocycles. The van der Waals surface area contributed by atoms with Crippen molar-refractivity contribution in [3.8, 4) is 5.75 Å². The Morgan fingerprint density at radius 2 is 2.00 bits per heavy atom. The third-order valence-corrected chi connectivity index (χ3v) is 3.03. The number of methoxy groups -OCH3 is 1. The summed E-state index contributed by atoms with van der Waals surface area (Å²) < 4.78 is 5.19. The minimum Gasteiger partial charge on any atom is -0.495 e. The van der Waals surface area contributed by atoms with Gasteiger partial charge in [-0.2, -0.15) is 0 Å². The Kier molecular flexibility index (Phi) is 4.42. The summed E-state index contributed by atoms with van der Waals surface area (Å²) in [5, 5.41) is 9.94. The molecule has 0 bridgehead atoms. The van der Waals surface area contributed by atoms with Crippen LogP contribution in [0.5, 0.6) is 5.75 Å². The molecule has 1 heterocycles. The number of ether oxygens (including phenoxy) is 1. The number of hydrogen-bond acceptors (Lipinski definition) is 4. The van der Waals surface area contributed by atoms with Crippen molar-refractivity contribution in [1.82, 2.24) is 10.2 Å². The molecule has 0 spiro atoms. The molecule has 0 unspecified atom stereocenters. The van der Waals surface area contributed by atoms with Crippen LogP contribution < -0.4 is 10.1 Å². The molecule has 0 fully saturated rings. The molecule has 0 aliphatic rings. The number of nitrogens with one attached hydrogen (secondary N) is 1. The average molecular weight is 312 g/mol. The van der Waals surface area contributed by atoms with E-state index < -0.39 is 5.91 Å². The smallest absolute Gasteiger partial charge is 0.259 e. The van der Waals surface area contributed by atoms with E-state index >= 15 is 0 Å². The van der Waals surface area contributed by atoms with Crippen LogP contribution in [0.4, 0.5) is 5.69 Å². The Balaban J connectivity index is 2.32. The lowest BCUT2D eigenvalue weighted by Gasteiger charge is -2.11. The van der Waals surface area contributed by atoms with Crippen LogP contribution in [0.25, 0.3) is 0 Å². The number of carbonyl (C=O) groups is 1. The fourth-order valence-corrected chi connectivity index (χ4v) is 1.95. The summed E-state index contributed by atoms with van der Waals surface area (Å²) in [6.45, 7) is 1.91. The van der Waals surface area contributed by atoms with Gasteiger partial charge >= 0.3 is 0 Å². The molecule has 0 atom stereocenters. The minimum absolute atomic E-state index is 0.0153. The van der Waals surface area contributed by atoms with Gasteiger partial charge in [-0.1, -0.05) is 29.3 Å². The average Bonchev–Trinajstić information content (AvgIpc) is 2.41. The van der Waals surface area contributed by atoms with E-state index in [4.69, 9.17) is 27.9 Å². The highest BCUT2D eigenvalue weighted by Gasteiger charge is 2.15. The zero-order chi connectivity index (χ0) is 14.7. The van der Waals surface area contributed by atoms with Gasteiger partial charge in [0, 0.05) is 0 Å². The van der Waals surface area contributed by atoms with Crippen LogP contribution in [0.15, 0.2) is 24.3 Å². The van der Waals surface area contributed by atoms with Crippen molar-refractivity contribution in [2.45, 2.75) is 6.92 Å². The second-order valence-corrected chi connectivity index (χ2v) is 4.77. The van der Waals surface area contributed by atoms with E-state index in [1.807, 2.05) is 13.0 Å². The van der Waals surface area contributed by atoms with Crippen LogP contribution in [-0.4, -0.2) is 23.2 Å². The van der Waals surface area contributed by atoms with E-state index in [0.717, 1.165) is 5.56 Å². The van der Waals surface area contributed by atoms with Gasteiger partial charge in [0.25, 0.3) is 5.91 Å². The first-order valence-electron chi connectivity index (χ1n) is 5.66. The first-order valence-corrected chi connectivity index (χ1v) is 6.41. The van der Waals surface area contributed by atoms with Crippen molar-refractivity contribution >= 4 is 34.8 Å². The molecule has 104 valence electrons. The van der Waals surface area contributed by atoms with Crippen LogP contribution in [-0.2, 0) is 0 Å². The van der Waals surface area contributed by atoms with Crippen molar-refractivity contribution in [3.63, 3.8) is 0 Å². The Labute approximate surface area is 125 Å². The van der Waals surface area contributed by atoms with Gasteiger partial charge in [0.2, 0.25) is 0 Å². The van der Waals surface area contributed by atoms with E-state index in [0.29, 0.717) is 11.4 Å². The lowest BCUT2D eigenvalue weighted by atomic mass is 10.2. The van der Waals surface area contributed by atoms with Crippen LogP contribution in [0.2, 0.25) is 10.3 Å². The number of halogens is 2. The number of nitrogens with zero attached hydrogens (tertiary/aromatic N) is 2. The van der Waals surface area contributed by atoms with E-state index in [2.05, 4.69) is 15.5 Å². The van der Waals surface area contributed by atoms with Gasteiger partial charge in [-0.05, 0) is 30.7 Å². The molecule has 1 N–H and O–H groups in total. The largest absolute Gasteiger partial charge is 0.495 e. The van der Waals surface area contributed by atoms with Crippen molar-refractivity contribution in [1.29, 1.82) is 0 Å². The van der Waals surface area contributed by atoms with Crippen molar-refractivity contribution in [2.75, 3.05) is 12.4 Å². The first kappa shape index (κ1) is 14.6. The highest BCUT2D eigenvalue weighted by molar-refractivity contribution is 6.34. The summed E-state index contributed by atoms with van der Waals surface area (Å²) >= 11 is 11.5. The standard InChI is InChI=1S/C13H11Cl2N3O2/c1-7-3-4-10(20-2)9(5-7)16-13(19)8-6-11(14)17-18-12(8)15/h3-6H,1-2H3,(H,16,19). The lowest BCUT2D eigenvalue weighted by molar-refractivity contribution is 0.102.